The highest BCUT2D eigenvalue weighted by Gasteiger charge is 2.37. The van der Waals surface area contributed by atoms with Crippen molar-refractivity contribution in [2.75, 3.05) is 20.1 Å². The molecule has 1 aromatic rings. The number of likely N-dealkylation sites (N-methyl/N-ethyl adjacent to an activating group) is 1. The van der Waals surface area contributed by atoms with Crippen LogP contribution in [0, 0.1) is 5.41 Å². The van der Waals surface area contributed by atoms with Gasteiger partial charge in [-0.15, -0.1) is 0 Å². The molecule has 0 unspecified atom stereocenters. The van der Waals surface area contributed by atoms with Crippen LogP contribution in [0.3, 0.4) is 0 Å². The number of nitrogens with two attached hydrogens (primary N) is 1. The van der Waals surface area contributed by atoms with E-state index in [1.54, 1.807) is 0 Å². The van der Waals surface area contributed by atoms with Crippen molar-refractivity contribution < 1.29 is 4.79 Å². The van der Waals surface area contributed by atoms with Crippen molar-refractivity contribution in [3.63, 3.8) is 0 Å². The summed E-state index contributed by atoms with van der Waals surface area (Å²) in [5.41, 5.74) is 7.07. The highest BCUT2D eigenvalue weighted by atomic mass is 79.9. The molecule has 19 heavy (non-hydrogen) atoms. The maximum absolute atomic E-state index is 12.2. The number of hydrogen-bond acceptors (Lipinski definition) is 2. The van der Waals surface area contributed by atoms with Gasteiger partial charge < -0.3 is 10.6 Å². The summed E-state index contributed by atoms with van der Waals surface area (Å²) >= 11 is 3.43. The minimum atomic E-state index is 0.165. The normalized spacial score (nSPS) is 16.8. The Bertz CT molecular complexity index is 452. The second kappa shape index (κ2) is 6.06. The molecular formula is C15H21BrN2O. The third kappa shape index (κ3) is 3.57. The number of amides is 1. The van der Waals surface area contributed by atoms with Crippen LogP contribution in [0.2, 0.25) is 0 Å². The molecule has 1 saturated carbocycles. The standard InChI is InChI=1S/C15H21BrN2O/c1-18(11-15(10-17)6-3-7-15)14(19)9-12-4-2-5-13(16)8-12/h2,4-5,8H,3,6-7,9-11,17H2,1H3. The van der Waals surface area contributed by atoms with E-state index < -0.39 is 0 Å². The second-order valence-corrected chi connectivity index (χ2v) is 6.53. The monoisotopic (exact) mass is 324 g/mol. The molecule has 0 atom stereocenters. The van der Waals surface area contributed by atoms with Gasteiger partial charge in [0.15, 0.2) is 0 Å². The summed E-state index contributed by atoms with van der Waals surface area (Å²) in [6, 6.07) is 7.90. The highest BCUT2D eigenvalue weighted by Crippen LogP contribution is 2.40. The van der Waals surface area contributed by atoms with Crippen LogP contribution in [0.4, 0.5) is 0 Å². The topological polar surface area (TPSA) is 46.3 Å². The fourth-order valence-corrected chi connectivity index (χ4v) is 3.10. The molecule has 0 bridgehead atoms. The Morgan fingerprint density at radius 1 is 1.47 bits per heavy atom. The van der Waals surface area contributed by atoms with Gasteiger partial charge in [-0.25, -0.2) is 0 Å². The summed E-state index contributed by atoms with van der Waals surface area (Å²) in [6.45, 7) is 1.47. The average Bonchev–Trinajstić information content (AvgIpc) is 2.33. The van der Waals surface area contributed by atoms with E-state index >= 15 is 0 Å². The van der Waals surface area contributed by atoms with Crippen molar-refractivity contribution >= 4 is 21.8 Å². The van der Waals surface area contributed by atoms with Gasteiger partial charge in [0.2, 0.25) is 5.91 Å². The second-order valence-electron chi connectivity index (χ2n) is 5.61. The molecule has 2 N–H and O–H groups in total. The van der Waals surface area contributed by atoms with E-state index in [0.29, 0.717) is 13.0 Å². The molecule has 0 heterocycles. The number of carbonyl (C=O) groups excluding carboxylic acids is 1. The minimum absolute atomic E-state index is 0.165. The predicted octanol–water partition coefficient (Wildman–Crippen LogP) is 2.58. The Labute approximate surface area is 123 Å². The van der Waals surface area contributed by atoms with E-state index in [4.69, 9.17) is 5.73 Å². The van der Waals surface area contributed by atoms with E-state index in [0.717, 1.165) is 29.4 Å². The Balaban J connectivity index is 1.92. The lowest BCUT2D eigenvalue weighted by Gasteiger charge is -2.43. The minimum Gasteiger partial charge on any atom is -0.345 e. The molecule has 1 amide bonds. The number of carbonyl (C=O) groups is 1. The smallest absolute Gasteiger partial charge is 0.226 e. The van der Waals surface area contributed by atoms with Gasteiger partial charge in [0.1, 0.15) is 0 Å². The lowest BCUT2D eigenvalue weighted by atomic mass is 9.68. The van der Waals surface area contributed by atoms with Crippen LogP contribution >= 0.6 is 15.9 Å². The molecule has 1 aliphatic carbocycles. The third-order valence-electron chi connectivity index (χ3n) is 4.09. The van der Waals surface area contributed by atoms with Crippen molar-refractivity contribution in [2.24, 2.45) is 11.1 Å². The lowest BCUT2D eigenvalue weighted by molar-refractivity contribution is -0.131. The van der Waals surface area contributed by atoms with Gasteiger partial charge in [-0.2, -0.15) is 0 Å². The number of nitrogens with zero attached hydrogens (tertiary/aromatic N) is 1. The molecule has 1 fully saturated rings. The Morgan fingerprint density at radius 2 is 2.21 bits per heavy atom. The summed E-state index contributed by atoms with van der Waals surface area (Å²) < 4.78 is 1.01. The maximum atomic E-state index is 12.2. The van der Waals surface area contributed by atoms with Crippen LogP contribution in [0.1, 0.15) is 24.8 Å². The first kappa shape index (κ1) is 14.5. The first-order chi connectivity index (χ1) is 9.04. The molecule has 2 rings (SSSR count). The van der Waals surface area contributed by atoms with Gasteiger partial charge in [0.05, 0.1) is 6.42 Å². The van der Waals surface area contributed by atoms with Gasteiger partial charge in [0, 0.05) is 23.5 Å². The van der Waals surface area contributed by atoms with Gasteiger partial charge in [0.25, 0.3) is 0 Å². The fourth-order valence-electron chi connectivity index (χ4n) is 2.65. The fraction of sp³-hybridized carbons (Fsp3) is 0.533. The molecule has 0 aliphatic heterocycles. The lowest BCUT2D eigenvalue weighted by Crippen LogP contribution is -2.47. The van der Waals surface area contributed by atoms with Crippen LogP contribution in [0.5, 0.6) is 0 Å². The van der Waals surface area contributed by atoms with E-state index in [1.807, 2.05) is 36.2 Å². The quantitative estimate of drug-likeness (QED) is 0.904. The summed E-state index contributed by atoms with van der Waals surface area (Å²) in [4.78, 5) is 14.1. The summed E-state index contributed by atoms with van der Waals surface area (Å²) in [5.74, 6) is 0.165. The predicted molar refractivity (Wildman–Crippen MR) is 80.8 cm³/mol. The van der Waals surface area contributed by atoms with Crippen LogP contribution in [0.25, 0.3) is 0 Å². The Morgan fingerprint density at radius 3 is 2.74 bits per heavy atom. The molecule has 0 spiro atoms. The zero-order valence-electron chi connectivity index (χ0n) is 11.4. The SMILES string of the molecule is CN(CC1(CN)CCC1)C(=O)Cc1cccc(Br)c1. The zero-order valence-corrected chi connectivity index (χ0v) is 12.9. The van der Waals surface area contributed by atoms with Gasteiger partial charge in [-0.1, -0.05) is 34.5 Å². The van der Waals surface area contributed by atoms with Crippen molar-refractivity contribution in [1.82, 2.24) is 4.90 Å². The van der Waals surface area contributed by atoms with Crippen molar-refractivity contribution in [3.8, 4) is 0 Å². The van der Waals surface area contributed by atoms with E-state index in [9.17, 15) is 4.79 Å². The number of rotatable bonds is 5. The van der Waals surface area contributed by atoms with Gasteiger partial charge in [-0.3, -0.25) is 4.79 Å². The largest absolute Gasteiger partial charge is 0.345 e. The van der Waals surface area contributed by atoms with Gasteiger partial charge >= 0.3 is 0 Å². The highest BCUT2D eigenvalue weighted by molar-refractivity contribution is 9.10. The molecule has 1 aromatic carbocycles. The summed E-state index contributed by atoms with van der Waals surface area (Å²) in [5, 5.41) is 0. The van der Waals surface area contributed by atoms with E-state index in [1.165, 1.54) is 6.42 Å². The molecule has 4 heteroatoms. The molecule has 3 nitrogen and oxygen atoms in total. The van der Waals surface area contributed by atoms with Crippen LogP contribution in [-0.2, 0) is 11.2 Å². The molecule has 0 saturated heterocycles. The average molecular weight is 325 g/mol. The van der Waals surface area contributed by atoms with E-state index in [-0.39, 0.29) is 11.3 Å². The summed E-state index contributed by atoms with van der Waals surface area (Å²) in [6.07, 6.45) is 4.00. The molecular weight excluding hydrogens is 304 g/mol. The van der Waals surface area contributed by atoms with Crippen molar-refractivity contribution in [1.29, 1.82) is 0 Å². The first-order valence-corrected chi connectivity index (χ1v) is 7.52. The number of halogens is 1. The van der Waals surface area contributed by atoms with Crippen LogP contribution < -0.4 is 5.73 Å². The van der Waals surface area contributed by atoms with Crippen LogP contribution in [-0.4, -0.2) is 30.9 Å². The summed E-state index contributed by atoms with van der Waals surface area (Å²) in [7, 11) is 1.88. The van der Waals surface area contributed by atoms with Crippen LogP contribution in [0.15, 0.2) is 28.7 Å². The molecule has 1 aliphatic rings. The Hall–Kier alpha value is -0.870. The third-order valence-corrected chi connectivity index (χ3v) is 4.58. The number of benzene rings is 1. The van der Waals surface area contributed by atoms with Gasteiger partial charge in [-0.05, 0) is 37.1 Å². The number of hydrogen-bond donors (Lipinski definition) is 1. The van der Waals surface area contributed by atoms with E-state index in [2.05, 4.69) is 15.9 Å². The molecule has 0 aromatic heterocycles. The first-order valence-electron chi connectivity index (χ1n) is 6.73. The molecule has 104 valence electrons. The maximum Gasteiger partial charge on any atom is 0.226 e. The van der Waals surface area contributed by atoms with Crippen molar-refractivity contribution in [2.45, 2.75) is 25.7 Å². The van der Waals surface area contributed by atoms with Crippen molar-refractivity contribution in [3.05, 3.63) is 34.3 Å². The Kier molecular flexibility index (Phi) is 4.63. The molecule has 0 radical (unpaired) electrons. The zero-order chi connectivity index (χ0) is 13.9.